The smallest absolute Gasteiger partial charge is 0.229 e. The predicted molar refractivity (Wildman–Crippen MR) is 73.1 cm³/mol. The normalized spacial score (nSPS) is 13.2. The lowest BCUT2D eigenvalue weighted by atomic mass is 10.2. The number of nitrogens with zero attached hydrogens (tertiary/aromatic N) is 1. The third-order valence-corrected chi connectivity index (χ3v) is 7.68. The Hall–Kier alpha value is -0.950. The third kappa shape index (κ3) is 3.76. The zero-order valence-corrected chi connectivity index (χ0v) is 13.1. The van der Waals surface area contributed by atoms with Gasteiger partial charge in [0.25, 0.3) is 0 Å². The van der Waals surface area contributed by atoms with Crippen molar-refractivity contribution in [2.45, 2.75) is 22.8 Å². The molecule has 1 heterocycles. The molecule has 106 valence electrons. The number of nitrogens with one attached hydrogen (secondary N) is 1. The topological polar surface area (TPSA) is 104 Å². The molecular formula is C10H14N2O4S3. The quantitative estimate of drug-likeness (QED) is 0.860. The number of thiophene rings is 1. The lowest BCUT2D eigenvalue weighted by Gasteiger charge is -2.22. The number of rotatable bonds is 5. The molecule has 6 nitrogen and oxygen atoms in total. The first-order valence-corrected chi connectivity index (χ1v) is 9.38. The molecule has 0 saturated carbocycles. The van der Waals surface area contributed by atoms with Crippen LogP contribution >= 0.6 is 11.3 Å². The van der Waals surface area contributed by atoms with Crippen LogP contribution in [0.5, 0.6) is 0 Å². The summed E-state index contributed by atoms with van der Waals surface area (Å²) in [6.45, 7) is 2.66. The lowest BCUT2D eigenvalue weighted by Crippen LogP contribution is -2.43. The first-order valence-electron chi connectivity index (χ1n) is 5.19. The fourth-order valence-corrected chi connectivity index (χ4v) is 3.78. The molecule has 0 bridgehead atoms. The molecule has 0 fully saturated rings. The molecule has 1 rings (SSSR count). The Balaban J connectivity index is 2.92. The van der Waals surface area contributed by atoms with E-state index >= 15 is 0 Å². The van der Waals surface area contributed by atoms with Crippen molar-refractivity contribution in [3.63, 3.8) is 0 Å². The van der Waals surface area contributed by atoms with Crippen molar-refractivity contribution in [3.8, 4) is 6.07 Å². The standard InChI is InChI=1S/C10H14N2O4S3/c1-10(2,18(3,13)14)7-12-19(15,16)9-5-4-8(6-11)17-9/h4-5,12H,7H2,1-3H3. The van der Waals surface area contributed by atoms with Gasteiger partial charge in [0.05, 0.1) is 4.75 Å². The first-order chi connectivity index (χ1) is 8.49. The van der Waals surface area contributed by atoms with Crippen LogP contribution in [0.2, 0.25) is 0 Å². The Kier molecular flexibility index (Phi) is 4.41. The summed E-state index contributed by atoms with van der Waals surface area (Å²) >= 11 is 0.837. The minimum atomic E-state index is -3.79. The lowest BCUT2D eigenvalue weighted by molar-refractivity contribution is 0.537. The highest BCUT2D eigenvalue weighted by atomic mass is 32.2. The summed E-state index contributed by atoms with van der Waals surface area (Å²) < 4.78 is 47.9. The minimum absolute atomic E-state index is 0.00616. The summed E-state index contributed by atoms with van der Waals surface area (Å²) in [5.41, 5.74) is 0. The van der Waals surface area contributed by atoms with Crippen molar-refractivity contribution in [2.24, 2.45) is 0 Å². The molecule has 9 heteroatoms. The summed E-state index contributed by atoms with van der Waals surface area (Å²) in [6.07, 6.45) is 1.06. The second-order valence-corrected chi connectivity index (χ2v) is 10.3. The highest BCUT2D eigenvalue weighted by Crippen LogP contribution is 2.21. The fraction of sp³-hybridized carbons (Fsp3) is 0.500. The van der Waals surface area contributed by atoms with Gasteiger partial charge in [-0.05, 0) is 26.0 Å². The Morgan fingerprint density at radius 3 is 2.32 bits per heavy atom. The zero-order chi connectivity index (χ0) is 14.9. The Morgan fingerprint density at radius 2 is 1.89 bits per heavy atom. The van der Waals surface area contributed by atoms with Crippen LogP contribution in [0, 0.1) is 11.3 Å². The van der Waals surface area contributed by atoms with Crippen molar-refractivity contribution in [3.05, 3.63) is 17.0 Å². The van der Waals surface area contributed by atoms with Gasteiger partial charge in [-0.1, -0.05) is 0 Å². The monoisotopic (exact) mass is 322 g/mol. The van der Waals surface area contributed by atoms with E-state index in [2.05, 4.69) is 4.72 Å². The molecule has 0 aromatic carbocycles. The van der Waals surface area contributed by atoms with Gasteiger partial charge in [0.1, 0.15) is 15.2 Å². The molecule has 19 heavy (non-hydrogen) atoms. The fourth-order valence-electron chi connectivity index (χ4n) is 0.996. The van der Waals surface area contributed by atoms with Crippen LogP contribution in [0.15, 0.2) is 16.3 Å². The van der Waals surface area contributed by atoms with Crippen LogP contribution in [0.25, 0.3) is 0 Å². The number of sulfone groups is 1. The van der Waals surface area contributed by atoms with Crippen molar-refractivity contribution >= 4 is 31.2 Å². The molecule has 1 aromatic heterocycles. The van der Waals surface area contributed by atoms with Crippen molar-refractivity contribution < 1.29 is 16.8 Å². The second kappa shape index (κ2) is 5.20. The van der Waals surface area contributed by atoms with E-state index < -0.39 is 24.6 Å². The van der Waals surface area contributed by atoms with Crippen LogP contribution in [0.1, 0.15) is 18.7 Å². The Labute approximate surface area is 117 Å². The maximum Gasteiger partial charge on any atom is 0.250 e. The van der Waals surface area contributed by atoms with Crippen LogP contribution < -0.4 is 4.72 Å². The summed E-state index contributed by atoms with van der Waals surface area (Å²) in [6, 6.07) is 4.57. The van der Waals surface area contributed by atoms with Crippen molar-refractivity contribution in [2.75, 3.05) is 12.8 Å². The maximum atomic E-state index is 11.9. The molecule has 0 unspecified atom stereocenters. The zero-order valence-electron chi connectivity index (χ0n) is 10.7. The highest BCUT2D eigenvalue weighted by molar-refractivity contribution is 7.92. The molecule has 0 aliphatic carbocycles. The van der Waals surface area contributed by atoms with Gasteiger partial charge in [-0.2, -0.15) is 5.26 Å². The van der Waals surface area contributed by atoms with Crippen LogP contribution in [0.3, 0.4) is 0 Å². The molecule has 0 radical (unpaired) electrons. The SMILES string of the molecule is CC(C)(CNS(=O)(=O)c1ccc(C#N)s1)S(C)(=O)=O. The summed E-state index contributed by atoms with van der Waals surface area (Å²) in [5, 5.41) is 8.65. The van der Waals surface area contributed by atoms with Gasteiger partial charge in [-0.25, -0.2) is 21.6 Å². The number of nitriles is 1. The maximum absolute atomic E-state index is 11.9. The largest absolute Gasteiger partial charge is 0.250 e. The highest BCUT2D eigenvalue weighted by Gasteiger charge is 2.32. The van der Waals surface area contributed by atoms with E-state index in [4.69, 9.17) is 5.26 Å². The van der Waals surface area contributed by atoms with Gasteiger partial charge in [-0.15, -0.1) is 11.3 Å². The van der Waals surface area contributed by atoms with E-state index in [0.717, 1.165) is 17.6 Å². The van der Waals surface area contributed by atoms with E-state index in [1.54, 1.807) is 0 Å². The van der Waals surface area contributed by atoms with E-state index in [-0.39, 0.29) is 15.6 Å². The number of hydrogen-bond donors (Lipinski definition) is 1. The molecule has 0 amide bonds. The van der Waals surface area contributed by atoms with Crippen LogP contribution in [-0.4, -0.2) is 34.4 Å². The molecule has 1 N–H and O–H groups in total. The van der Waals surface area contributed by atoms with Crippen molar-refractivity contribution in [1.82, 2.24) is 4.72 Å². The van der Waals surface area contributed by atoms with Gasteiger partial charge in [0.2, 0.25) is 10.0 Å². The van der Waals surface area contributed by atoms with E-state index in [1.807, 2.05) is 6.07 Å². The number of sulfonamides is 1. The first kappa shape index (κ1) is 16.1. The summed E-state index contributed by atoms with van der Waals surface area (Å²) in [4.78, 5) is 0.280. The predicted octanol–water partition coefficient (Wildman–Crippen LogP) is 0.721. The van der Waals surface area contributed by atoms with E-state index in [0.29, 0.717) is 0 Å². The van der Waals surface area contributed by atoms with Gasteiger partial charge in [0.15, 0.2) is 9.84 Å². The summed E-state index contributed by atoms with van der Waals surface area (Å²) in [5.74, 6) is 0. The van der Waals surface area contributed by atoms with Crippen LogP contribution in [-0.2, 0) is 19.9 Å². The van der Waals surface area contributed by atoms with E-state index in [9.17, 15) is 16.8 Å². The second-order valence-electron chi connectivity index (χ2n) is 4.59. The van der Waals surface area contributed by atoms with Gasteiger partial charge in [-0.3, -0.25) is 0 Å². The molecular weight excluding hydrogens is 308 g/mol. The average molecular weight is 322 g/mol. The molecule has 0 atom stereocenters. The molecule has 1 aromatic rings. The van der Waals surface area contributed by atoms with Gasteiger partial charge in [0, 0.05) is 12.8 Å². The molecule has 0 aliphatic rings. The Morgan fingerprint density at radius 1 is 1.32 bits per heavy atom. The molecule has 0 spiro atoms. The van der Waals surface area contributed by atoms with Gasteiger partial charge < -0.3 is 0 Å². The molecule has 0 aliphatic heterocycles. The van der Waals surface area contributed by atoms with Crippen molar-refractivity contribution in [1.29, 1.82) is 5.26 Å². The summed E-state index contributed by atoms with van der Waals surface area (Å²) in [7, 11) is -7.17. The minimum Gasteiger partial charge on any atom is -0.229 e. The van der Waals surface area contributed by atoms with E-state index in [1.165, 1.54) is 26.0 Å². The number of hydrogen-bond acceptors (Lipinski definition) is 6. The average Bonchev–Trinajstić information content (AvgIpc) is 2.74. The molecule has 0 saturated heterocycles. The Bertz CT molecular complexity index is 708. The van der Waals surface area contributed by atoms with Gasteiger partial charge >= 0.3 is 0 Å². The third-order valence-electron chi connectivity index (χ3n) is 2.65. The van der Waals surface area contributed by atoms with Crippen LogP contribution in [0.4, 0.5) is 0 Å².